The summed E-state index contributed by atoms with van der Waals surface area (Å²) in [6.07, 6.45) is 3.20. The van der Waals surface area contributed by atoms with Crippen LogP contribution in [-0.2, 0) is 20.8 Å². The number of nitrogens with zero attached hydrogens (tertiary/aromatic N) is 1. The average molecular weight is 269 g/mol. The maximum atomic E-state index is 11.0. The van der Waals surface area contributed by atoms with E-state index in [1.165, 1.54) is 5.56 Å². The van der Waals surface area contributed by atoms with E-state index in [-0.39, 0.29) is 12.6 Å². The van der Waals surface area contributed by atoms with Crippen molar-refractivity contribution < 1.29 is 12.6 Å². The van der Waals surface area contributed by atoms with E-state index in [4.69, 9.17) is 4.18 Å². The van der Waals surface area contributed by atoms with Gasteiger partial charge in [-0.25, -0.2) is 0 Å². The lowest BCUT2D eigenvalue weighted by atomic mass is 10.2. The molecule has 1 aliphatic heterocycles. The standard InChI is InChI=1S/C13H19NO3S/c1-18(15,16)17-11-13-8-5-9-14(13)10-12-6-3-2-4-7-12/h2-4,6-7,13H,5,8-11H2,1H3/t13-/m1/s1. The highest BCUT2D eigenvalue weighted by molar-refractivity contribution is 7.85. The third kappa shape index (κ3) is 4.08. The molecular weight excluding hydrogens is 250 g/mol. The summed E-state index contributed by atoms with van der Waals surface area (Å²) in [5.74, 6) is 0. The molecule has 0 aliphatic carbocycles. The Morgan fingerprint density at radius 2 is 2.06 bits per heavy atom. The molecule has 0 aromatic heterocycles. The highest BCUT2D eigenvalue weighted by Gasteiger charge is 2.25. The Hall–Kier alpha value is -0.910. The summed E-state index contributed by atoms with van der Waals surface area (Å²) < 4.78 is 26.9. The number of hydrogen-bond donors (Lipinski definition) is 0. The van der Waals surface area contributed by atoms with Gasteiger partial charge in [-0.05, 0) is 24.9 Å². The monoisotopic (exact) mass is 269 g/mol. The van der Waals surface area contributed by atoms with E-state index in [0.717, 1.165) is 32.2 Å². The Bertz CT molecular complexity index is 472. The molecule has 2 rings (SSSR count). The molecule has 0 unspecified atom stereocenters. The first-order chi connectivity index (χ1) is 8.54. The third-order valence-electron chi connectivity index (χ3n) is 3.20. The van der Waals surface area contributed by atoms with Gasteiger partial charge in [0.1, 0.15) is 0 Å². The maximum absolute atomic E-state index is 11.0. The van der Waals surface area contributed by atoms with E-state index in [1.54, 1.807) is 0 Å². The van der Waals surface area contributed by atoms with E-state index in [2.05, 4.69) is 17.0 Å². The molecule has 0 saturated carbocycles. The summed E-state index contributed by atoms with van der Waals surface area (Å²) >= 11 is 0. The van der Waals surface area contributed by atoms with Gasteiger partial charge in [0.2, 0.25) is 0 Å². The minimum absolute atomic E-state index is 0.208. The van der Waals surface area contributed by atoms with Gasteiger partial charge in [-0.15, -0.1) is 0 Å². The quantitative estimate of drug-likeness (QED) is 0.762. The van der Waals surface area contributed by atoms with Gasteiger partial charge in [-0.1, -0.05) is 30.3 Å². The maximum Gasteiger partial charge on any atom is 0.264 e. The van der Waals surface area contributed by atoms with E-state index in [1.807, 2.05) is 18.2 Å². The van der Waals surface area contributed by atoms with Crippen molar-refractivity contribution in [3.8, 4) is 0 Å². The Kier molecular flexibility index (Phi) is 4.37. The number of likely N-dealkylation sites (tertiary alicyclic amines) is 1. The van der Waals surface area contributed by atoms with Crippen LogP contribution >= 0.6 is 0 Å². The molecule has 1 saturated heterocycles. The summed E-state index contributed by atoms with van der Waals surface area (Å²) in [5, 5.41) is 0. The summed E-state index contributed by atoms with van der Waals surface area (Å²) in [4.78, 5) is 2.29. The van der Waals surface area contributed by atoms with Crippen LogP contribution in [0, 0.1) is 0 Å². The molecule has 0 amide bonds. The molecule has 1 aromatic carbocycles. The normalized spacial score (nSPS) is 21.3. The van der Waals surface area contributed by atoms with E-state index in [9.17, 15) is 8.42 Å². The van der Waals surface area contributed by atoms with Crippen molar-refractivity contribution in [3.63, 3.8) is 0 Å². The molecule has 4 nitrogen and oxygen atoms in total. The number of hydrogen-bond acceptors (Lipinski definition) is 4. The summed E-state index contributed by atoms with van der Waals surface area (Å²) in [6.45, 7) is 2.14. The zero-order valence-electron chi connectivity index (χ0n) is 10.6. The molecule has 1 aliphatic rings. The number of benzene rings is 1. The van der Waals surface area contributed by atoms with Gasteiger partial charge in [0, 0.05) is 12.6 Å². The second-order valence-corrected chi connectivity index (χ2v) is 6.38. The minimum atomic E-state index is -3.33. The van der Waals surface area contributed by atoms with Gasteiger partial charge in [0.15, 0.2) is 0 Å². The molecule has 18 heavy (non-hydrogen) atoms. The van der Waals surface area contributed by atoms with Crippen LogP contribution in [-0.4, -0.2) is 38.8 Å². The smallest absolute Gasteiger partial charge is 0.264 e. The van der Waals surface area contributed by atoms with Crippen molar-refractivity contribution in [2.75, 3.05) is 19.4 Å². The van der Waals surface area contributed by atoms with Gasteiger partial charge in [-0.3, -0.25) is 9.08 Å². The largest absolute Gasteiger partial charge is 0.294 e. The topological polar surface area (TPSA) is 46.6 Å². The average Bonchev–Trinajstić information content (AvgIpc) is 2.74. The fourth-order valence-electron chi connectivity index (χ4n) is 2.31. The van der Waals surface area contributed by atoms with Crippen LogP contribution in [0.2, 0.25) is 0 Å². The Labute approximate surface area is 109 Å². The third-order valence-corrected chi connectivity index (χ3v) is 3.77. The van der Waals surface area contributed by atoms with Crippen LogP contribution in [0.5, 0.6) is 0 Å². The fourth-order valence-corrected chi connectivity index (χ4v) is 2.72. The molecule has 0 N–H and O–H groups in total. The zero-order chi connectivity index (χ0) is 13.0. The van der Waals surface area contributed by atoms with Gasteiger partial charge in [0.05, 0.1) is 12.9 Å². The molecule has 1 heterocycles. The van der Waals surface area contributed by atoms with E-state index in [0.29, 0.717) is 0 Å². The second-order valence-electron chi connectivity index (χ2n) is 4.74. The van der Waals surface area contributed by atoms with E-state index >= 15 is 0 Å². The Balaban J connectivity index is 1.92. The van der Waals surface area contributed by atoms with Gasteiger partial charge in [0.25, 0.3) is 10.1 Å². The van der Waals surface area contributed by atoms with Crippen LogP contribution in [0.3, 0.4) is 0 Å². The van der Waals surface area contributed by atoms with E-state index < -0.39 is 10.1 Å². The zero-order valence-corrected chi connectivity index (χ0v) is 11.4. The molecule has 0 spiro atoms. The predicted octanol–water partition coefficient (Wildman–Crippen LogP) is 1.63. The van der Waals surface area contributed by atoms with Crippen LogP contribution in [0.4, 0.5) is 0 Å². The minimum Gasteiger partial charge on any atom is -0.294 e. The molecule has 100 valence electrons. The molecule has 0 radical (unpaired) electrons. The van der Waals surface area contributed by atoms with Gasteiger partial charge >= 0.3 is 0 Å². The molecule has 1 aromatic rings. The van der Waals surface area contributed by atoms with Crippen LogP contribution in [0.15, 0.2) is 30.3 Å². The van der Waals surface area contributed by atoms with Crippen molar-refractivity contribution >= 4 is 10.1 Å². The first kappa shape index (κ1) is 13.5. The van der Waals surface area contributed by atoms with Crippen LogP contribution in [0.1, 0.15) is 18.4 Å². The Morgan fingerprint density at radius 1 is 1.33 bits per heavy atom. The molecular formula is C13H19NO3S. The predicted molar refractivity (Wildman–Crippen MR) is 70.7 cm³/mol. The van der Waals surface area contributed by atoms with Crippen LogP contribution < -0.4 is 0 Å². The van der Waals surface area contributed by atoms with Gasteiger partial charge in [-0.2, -0.15) is 8.42 Å². The molecule has 0 bridgehead atoms. The number of rotatable bonds is 5. The highest BCUT2D eigenvalue weighted by atomic mass is 32.2. The lowest BCUT2D eigenvalue weighted by molar-refractivity contribution is 0.171. The van der Waals surface area contributed by atoms with Crippen molar-refractivity contribution in [2.45, 2.75) is 25.4 Å². The lowest BCUT2D eigenvalue weighted by Crippen LogP contribution is -2.33. The van der Waals surface area contributed by atoms with Crippen LogP contribution in [0.25, 0.3) is 0 Å². The Morgan fingerprint density at radius 3 is 2.72 bits per heavy atom. The van der Waals surface area contributed by atoms with Crippen molar-refractivity contribution in [1.29, 1.82) is 0 Å². The highest BCUT2D eigenvalue weighted by Crippen LogP contribution is 2.20. The molecule has 1 atom stereocenters. The van der Waals surface area contributed by atoms with Crippen molar-refractivity contribution in [2.24, 2.45) is 0 Å². The SMILES string of the molecule is CS(=O)(=O)OC[C@H]1CCCN1Cc1ccccc1. The second kappa shape index (κ2) is 5.82. The first-order valence-electron chi connectivity index (χ1n) is 6.17. The first-order valence-corrected chi connectivity index (χ1v) is 7.98. The molecule has 5 heteroatoms. The molecule has 1 fully saturated rings. The summed E-state index contributed by atoms with van der Waals surface area (Å²) in [5.41, 5.74) is 1.25. The lowest BCUT2D eigenvalue weighted by Gasteiger charge is -2.23. The summed E-state index contributed by atoms with van der Waals surface area (Å²) in [7, 11) is -3.33. The van der Waals surface area contributed by atoms with Gasteiger partial charge < -0.3 is 0 Å². The summed E-state index contributed by atoms with van der Waals surface area (Å²) in [6, 6.07) is 10.4. The van der Waals surface area contributed by atoms with Crippen molar-refractivity contribution in [1.82, 2.24) is 4.90 Å². The van der Waals surface area contributed by atoms with Crippen molar-refractivity contribution in [3.05, 3.63) is 35.9 Å². The fraction of sp³-hybridized carbons (Fsp3) is 0.538.